The van der Waals surface area contributed by atoms with Gasteiger partial charge < -0.3 is 4.74 Å². The predicted octanol–water partition coefficient (Wildman–Crippen LogP) is 1.76. The van der Waals surface area contributed by atoms with Gasteiger partial charge in [-0.05, 0) is 31.6 Å². The number of rotatable bonds is 1. The number of carbonyl (C=O) groups excluding carboxylic acids is 1. The summed E-state index contributed by atoms with van der Waals surface area (Å²) in [4.78, 5) is 11.5. The molecule has 2 aliphatic rings. The van der Waals surface area contributed by atoms with Crippen LogP contribution >= 0.6 is 0 Å². The Labute approximate surface area is 72.6 Å². The summed E-state index contributed by atoms with van der Waals surface area (Å²) in [5.74, 6) is 1.01. The number of ether oxygens (including phenoxy) is 1. The molecular weight excluding hydrogens is 152 g/mol. The zero-order valence-corrected chi connectivity index (χ0v) is 7.54. The van der Waals surface area contributed by atoms with Gasteiger partial charge in [0.2, 0.25) is 0 Å². The Morgan fingerprint density at radius 3 is 2.75 bits per heavy atom. The molecule has 0 spiro atoms. The van der Waals surface area contributed by atoms with Crippen molar-refractivity contribution in [1.29, 1.82) is 0 Å². The standard InChI is InChI=1S/C10H14O2/c1-10(9(11)12-2)6-7-3-4-8(10)5-7/h3-4,7-8H,5-6H2,1-2H3/t7?,8?,10-/m1/s1. The van der Waals surface area contributed by atoms with Crippen LogP contribution in [-0.4, -0.2) is 13.1 Å². The second-order valence-corrected chi connectivity index (χ2v) is 4.10. The van der Waals surface area contributed by atoms with Crippen molar-refractivity contribution in [1.82, 2.24) is 0 Å². The molecule has 2 heteroatoms. The van der Waals surface area contributed by atoms with E-state index in [1.54, 1.807) is 0 Å². The Balaban J connectivity index is 2.23. The summed E-state index contributed by atoms with van der Waals surface area (Å²) in [5, 5.41) is 0. The summed E-state index contributed by atoms with van der Waals surface area (Å²) < 4.78 is 4.82. The van der Waals surface area contributed by atoms with Crippen LogP contribution in [0, 0.1) is 17.3 Å². The highest BCUT2D eigenvalue weighted by molar-refractivity contribution is 5.78. The van der Waals surface area contributed by atoms with Crippen molar-refractivity contribution in [3.63, 3.8) is 0 Å². The molecule has 2 nitrogen and oxygen atoms in total. The zero-order chi connectivity index (χ0) is 8.77. The van der Waals surface area contributed by atoms with Crippen LogP contribution in [0.1, 0.15) is 19.8 Å². The van der Waals surface area contributed by atoms with E-state index in [9.17, 15) is 4.79 Å². The Morgan fingerprint density at radius 1 is 1.58 bits per heavy atom. The van der Waals surface area contributed by atoms with E-state index in [0.717, 1.165) is 12.8 Å². The molecule has 3 atom stereocenters. The molecule has 0 saturated heterocycles. The van der Waals surface area contributed by atoms with E-state index in [1.165, 1.54) is 7.11 Å². The van der Waals surface area contributed by atoms with Gasteiger partial charge in [-0.3, -0.25) is 4.79 Å². The van der Waals surface area contributed by atoms with Crippen molar-refractivity contribution in [2.24, 2.45) is 17.3 Å². The number of hydrogen-bond donors (Lipinski definition) is 0. The fourth-order valence-corrected chi connectivity index (χ4v) is 2.56. The normalized spacial score (nSPS) is 43.5. The van der Waals surface area contributed by atoms with Crippen LogP contribution in [-0.2, 0) is 9.53 Å². The van der Waals surface area contributed by atoms with Crippen LogP contribution < -0.4 is 0 Å². The maximum Gasteiger partial charge on any atom is 0.312 e. The molecule has 0 radical (unpaired) electrons. The van der Waals surface area contributed by atoms with Crippen molar-refractivity contribution < 1.29 is 9.53 Å². The summed E-state index contributed by atoms with van der Waals surface area (Å²) in [5.41, 5.74) is -0.228. The number of esters is 1. The third-order valence-corrected chi connectivity index (χ3v) is 3.33. The van der Waals surface area contributed by atoms with E-state index in [1.807, 2.05) is 6.92 Å². The molecule has 1 saturated carbocycles. The summed E-state index contributed by atoms with van der Waals surface area (Å²) in [6, 6.07) is 0. The third kappa shape index (κ3) is 0.838. The molecule has 0 N–H and O–H groups in total. The van der Waals surface area contributed by atoms with Crippen LogP contribution in [0.25, 0.3) is 0 Å². The number of methoxy groups -OCH3 is 1. The Hall–Kier alpha value is -0.790. The average Bonchev–Trinajstić information content (AvgIpc) is 2.62. The first-order valence-electron chi connectivity index (χ1n) is 4.43. The fraction of sp³-hybridized carbons (Fsp3) is 0.700. The van der Waals surface area contributed by atoms with Crippen molar-refractivity contribution in [3.05, 3.63) is 12.2 Å². The monoisotopic (exact) mass is 166 g/mol. The second kappa shape index (κ2) is 2.35. The third-order valence-electron chi connectivity index (χ3n) is 3.33. The molecule has 2 rings (SSSR count). The quantitative estimate of drug-likeness (QED) is 0.438. The van der Waals surface area contributed by atoms with Crippen molar-refractivity contribution in [2.75, 3.05) is 7.11 Å². The number of allylic oxidation sites excluding steroid dienone is 2. The lowest BCUT2D eigenvalue weighted by Crippen LogP contribution is -2.32. The van der Waals surface area contributed by atoms with E-state index < -0.39 is 0 Å². The molecule has 12 heavy (non-hydrogen) atoms. The second-order valence-electron chi connectivity index (χ2n) is 4.10. The summed E-state index contributed by atoms with van der Waals surface area (Å²) in [6.45, 7) is 2.02. The van der Waals surface area contributed by atoms with Gasteiger partial charge >= 0.3 is 5.97 Å². The highest BCUT2D eigenvalue weighted by atomic mass is 16.5. The van der Waals surface area contributed by atoms with Crippen LogP contribution in [0.4, 0.5) is 0 Å². The molecule has 1 fully saturated rings. The molecule has 66 valence electrons. The lowest BCUT2D eigenvalue weighted by Gasteiger charge is -2.27. The van der Waals surface area contributed by atoms with Crippen molar-refractivity contribution >= 4 is 5.97 Å². The van der Waals surface area contributed by atoms with Gasteiger partial charge in [0.1, 0.15) is 0 Å². The number of hydrogen-bond acceptors (Lipinski definition) is 2. The van der Waals surface area contributed by atoms with Gasteiger partial charge in [-0.1, -0.05) is 12.2 Å². The van der Waals surface area contributed by atoms with E-state index in [0.29, 0.717) is 11.8 Å². The summed E-state index contributed by atoms with van der Waals surface area (Å²) in [7, 11) is 1.48. The van der Waals surface area contributed by atoms with Crippen LogP contribution in [0.2, 0.25) is 0 Å². The largest absolute Gasteiger partial charge is 0.469 e. The fourth-order valence-electron chi connectivity index (χ4n) is 2.56. The van der Waals surface area contributed by atoms with Crippen LogP contribution in [0.5, 0.6) is 0 Å². The lowest BCUT2D eigenvalue weighted by atomic mass is 9.78. The molecule has 2 aliphatic carbocycles. The summed E-state index contributed by atoms with van der Waals surface area (Å²) >= 11 is 0. The smallest absolute Gasteiger partial charge is 0.312 e. The summed E-state index contributed by atoms with van der Waals surface area (Å²) in [6.07, 6.45) is 6.52. The van der Waals surface area contributed by atoms with Crippen LogP contribution in [0.3, 0.4) is 0 Å². The molecule has 2 bridgehead atoms. The van der Waals surface area contributed by atoms with Crippen molar-refractivity contribution in [3.8, 4) is 0 Å². The van der Waals surface area contributed by atoms with Gasteiger partial charge in [-0.25, -0.2) is 0 Å². The SMILES string of the molecule is COC(=O)[C@]1(C)CC2C=CC1C2. The lowest BCUT2D eigenvalue weighted by molar-refractivity contribution is -0.153. The van der Waals surface area contributed by atoms with Gasteiger partial charge in [0.05, 0.1) is 12.5 Å². The molecule has 0 aliphatic heterocycles. The van der Waals surface area contributed by atoms with E-state index in [-0.39, 0.29) is 11.4 Å². The molecule has 0 heterocycles. The zero-order valence-electron chi connectivity index (χ0n) is 7.54. The van der Waals surface area contributed by atoms with Gasteiger partial charge in [0.25, 0.3) is 0 Å². The minimum absolute atomic E-state index is 0.0423. The van der Waals surface area contributed by atoms with Crippen LogP contribution in [0.15, 0.2) is 12.2 Å². The van der Waals surface area contributed by atoms with Gasteiger partial charge in [-0.2, -0.15) is 0 Å². The first kappa shape index (κ1) is 7.84. The molecule has 0 aromatic carbocycles. The topological polar surface area (TPSA) is 26.3 Å². The molecule has 0 amide bonds. The number of carbonyl (C=O) groups is 1. The van der Waals surface area contributed by atoms with Gasteiger partial charge in [-0.15, -0.1) is 0 Å². The van der Waals surface area contributed by atoms with E-state index in [2.05, 4.69) is 12.2 Å². The maximum atomic E-state index is 11.5. The molecular formula is C10H14O2. The molecule has 2 unspecified atom stereocenters. The first-order chi connectivity index (χ1) is 5.66. The minimum Gasteiger partial charge on any atom is -0.469 e. The average molecular weight is 166 g/mol. The van der Waals surface area contributed by atoms with Gasteiger partial charge in [0.15, 0.2) is 0 Å². The van der Waals surface area contributed by atoms with Crippen molar-refractivity contribution in [2.45, 2.75) is 19.8 Å². The Kier molecular flexibility index (Phi) is 1.53. The number of fused-ring (bicyclic) bond motifs is 2. The maximum absolute atomic E-state index is 11.5. The first-order valence-corrected chi connectivity index (χ1v) is 4.43. The van der Waals surface area contributed by atoms with E-state index in [4.69, 9.17) is 4.74 Å². The highest BCUT2D eigenvalue weighted by Gasteiger charge is 2.50. The minimum atomic E-state index is -0.228. The Morgan fingerprint density at radius 2 is 2.33 bits per heavy atom. The van der Waals surface area contributed by atoms with E-state index >= 15 is 0 Å². The van der Waals surface area contributed by atoms with Gasteiger partial charge in [0, 0.05) is 0 Å². The molecule has 0 aromatic heterocycles. The predicted molar refractivity (Wildman–Crippen MR) is 45.5 cm³/mol. The highest BCUT2D eigenvalue weighted by Crippen LogP contribution is 2.52. The molecule has 0 aromatic rings. The Bertz CT molecular complexity index is 244.